The van der Waals surface area contributed by atoms with E-state index in [-0.39, 0.29) is 30.5 Å². The molecule has 0 fully saturated rings. The molecule has 3 aromatic carbocycles. The molecule has 0 spiro atoms. The average molecular weight is 783 g/mol. The number of carboxylic acid groups (broad SMARTS) is 1. The molecule has 0 aliphatic rings. The summed E-state index contributed by atoms with van der Waals surface area (Å²) in [6, 6.07) is 14.0. The molecule has 4 atom stereocenters. The highest BCUT2D eigenvalue weighted by Gasteiger charge is 2.30. The number of aliphatic carboxylic acids is 1. The maximum atomic E-state index is 13.0. The fourth-order valence-corrected chi connectivity index (χ4v) is 6.69. The zero-order valence-electron chi connectivity index (χ0n) is 27.6. The Morgan fingerprint density at radius 2 is 1.62 bits per heavy atom. The molecular formula is C33H34F4N6O8S2. The molecule has 2 heterocycles. The summed E-state index contributed by atoms with van der Waals surface area (Å²) in [5.74, 6) is -0.503. The number of rotatable bonds is 18. The minimum Gasteiger partial charge on any atom is -0.491 e. The highest BCUT2D eigenvalue weighted by Crippen LogP contribution is 2.30. The van der Waals surface area contributed by atoms with E-state index in [1.54, 1.807) is 48.7 Å². The van der Waals surface area contributed by atoms with Crippen molar-refractivity contribution in [2.75, 3.05) is 19.8 Å². The molecule has 0 saturated heterocycles. The second-order valence-electron chi connectivity index (χ2n) is 11.9. The van der Waals surface area contributed by atoms with E-state index in [0.717, 1.165) is 29.0 Å². The first-order valence-corrected chi connectivity index (χ1v) is 18.2. The zero-order valence-corrected chi connectivity index (χ0v) is 29.2. The number of fused-ring (bicyclic) bond motifs is 1. The smallest absolute Gasteiger partial charge is 0.416 e. The lowest BCUT2D eigenvalue weighted by atomic mass is 10.0. The Kier molecular flexibility index (Phi) is 12.6. The van der Waals surface area contributed by atoms with Gasteiger partial charge in [-0.15, -0.1) is 16.4 Å². The minimum absolute atomic E-state index is 0.0414. The molecule has 0 saturated carbocycles. The molecule has 0 aliphatic heterocycles. The van der Waals surface area contributed by atoms with E-state index in [4.69, 9.17) is 14.6 Å². The van der Waals surface area contributed by atoms with E-state index >= 15 is 0 Å². The number of primary sulfonamides is 1. The normalized spacial score (nSPS) is 14.5. The lowest BCUT2D eigenvalue weighted by molar-refractivity contribution is -0.140. The predicted octanol–water partition coefficient (Wildman–Crippen LogP) is 3.27. The van der Waals surface area contributed by atoms with Gasteiger partial charge in [-0.05, 0) is 60.4 Å². The van der Waals surface area contributed by atoms with Crippen LogP contribution in [0.1, 0.15) is 28.4 Å². The summed E-state index contributed by atoms with van der Waals surface area (Å²) in [6.07, 6.45) is -5.75. The van der Waals surface area contributed by atoms with Gasteiger partial charge in [0.05, 0.1) is 28.0 Å². The van der Waals surface area contributed by atoms with Crippen LogP contribution in [0.4, 0.5) is 17.6 Å². The summed E-state index contributed by atoms with van der Waals surface area (Å²) in [6.45, 7) is -1.47. The number of hydrogen-bond donors (Lipinski definition) is 5. The topological polar surface area (TPSA) is 212 Å². The lowest BCUT2D eigenvalue weighted by Gasteiger charge is -2.22. The predicted molar refractivity (Wildman–Crippen MR) is 183 cm³/mol. The number of aliphatic hydroxyl groups excluding tert-OH is 2. The van der Waals surface area contributed by atoms with E-state index < -0.39 is 58.7 Å². The van der Waals surface area contributed by atoms with Crippen LogP contribution in [0.25, 0.3) is 10.2 Å². The maximum Gasteiger partial charge on any atom is 0.416 e. The van der Waals surface area contributed by atoms with Crippen LogP contribution in [0, 0.1) is 0 Å². The summed E-state index contributed by atoms with van der Waals surface area (Å²) < 4.78 is 88.2. The quantitative estimate of drug-likeness (QED) is 0.0811. The molecule has 2 unspecified atom stereocenters. The van der Waals surface area contributed by atoms with E-state index in [1.165, 1.54) is 16.8 Å². The third-order valence-corrected chi connectivity index (χ3v) is 10.3. The van der Waals surface area contributed by atoms with Gasteiger partial charge in [0.15, 0.2) is 0 Å². The molecule has 53 heavy (non-hydrogen) atoms. The zero-order chi connectivity index (χ0) is 38.3. The van der Waals surface area contributed by atoms with Crippen molar-refractivity contribution < 1.29 is 55.6 Å². The molecular weight excluding hydrogens is 749 g/mol. The molecule has 284 valence electrons. The number of hydrogen-bond acceptors (Lipinski definition) is 12. The number of nitrogens with one attached hydrogen (secondary N) is 1. The number of alkyl halides is 4. The van der Waals surface area contributed by atoms with Gasteiger partial charge in [-0.2, -0.15) is 13.2 Å². The summed E-state index contributed by atoms with van der Waals surface area (Å²) >= 11 is 0.923. The number of nitrogens with two attached hydrogens (primary N) is 1. The number of thiazole rings is 1. The van der Waals surface area contributed by atoms with Crippen molar-refractivity contribution in [1.82, 2.24) is 25.3 Å². The minimum atomic E-state index is -4.53. The standard InChI is InChI=1S/C33H34F4N6O8S2/c34-14-28(44)29(45)18-51-24-7-3-19(4-8-24)11-23(15-39-27(31(46)47)12-20-1-5-21(6-2-20)33(35,36)37)43-16-22(41-42-43)17-50-25-9-10-30-26(13-25)40-32(52-30)53(38,48)49/h1-10,13,16,23,27-29,39,44-45H,11-12,14-15,17-18H2,(H,46,47)(H2,38,48,49)/t23?,27?,28-,29-/m0/s1. The second-order valence-corrected chi connectivity index (χ2v) is 14.7. The van der Waals surface area contributed by atoms with Gasteiger partial charge in [-0.25, -0.2) is 27.6 Å². The number of carboxylic acids is 1. The van der Waals surface area contributed by atoms with Gasteiger partial charge in [0.1, 0.15) is 55.3 Å². The van der Waals surface area contributed by atoms with Gasteiger partial charge in [0.2, 0.25) is 4.34 Å². The number of halogens is 4. The fraction of sp³-hybridized carbons (Fsp3) is 0.333. The molecule has 20 heteroatoms. The summed E-state index contributed by atoms with van der Waals surface area (Å²) in [7, 11) is -3.98. The molecule has 0 aliphatic carbocycles. The number of aliphatic hydroxyl groups is 2. The van der Waals surface area contributed by atoms with Crippen molar-refractivity contribution in [3.63, 3.8) is 0 Å². The van der Waals surface area contributed by atoms with E-state index in [1.807, 2.05) is 0 Å². The van der Waals surface area contributed by atoms with Crippen LogP contribution in [0.15, 0.2) is 77.3 Å². The number of ether oxygens (including phenoxy) is 2. The van der Waals surface area contributed by atoms with Gasteiger partial charge in [0.25, 0.3) is 10.0 Å². The van der Waals surface area contributed by atoms with Gasteiger partial charge >= 0.3 is 12.1 Å². The summed E-state index contributed by atoms with van der Waals surface area (Å²) in [4.78, 5) is 16.2. The molecule has 2 aromatic heterocycles. The van der Waals surface area contributed by atoms with Gasteiger partial charge in [0, 0.05) is 12.6 Å². The highest BCUT2D eigenvalue weighted by molar-refractivity contribution is 7.91. The molecule has 5 aromatic rings. The van der Waals surface area contributed by atoms with Crippen molar-refractivity contribution >= 4 is 37.5 Å². The monoisotopic (exact) mass is 782 g/mol. The van der Waals surface area contributed by atoms with Crippen LogP contribution in [0.3, 0.4) is 0 Å². The largest absolute Gasteiger partial charge is 0.491 e. The molecule has 5 rings (SSSR count). The number of aromatic nitrogens is 4. The summed E-state index contributed by atoms with van der Waals surface area (Å²) in [5.41, 5.74) is 1.06. The van der Waals surface area contributed by atoms with E-state index in [9.17, 15) is 46.1 Å². The third kappa shape index (κ3) is 10.9. The summed E-state index contributed by atoms with van der Waals surface area (Å²) in [5, 5.41) is 45.7. The first kappa shape index (κ1) is 39.5. The SMILES string of the molecule is NS(=O)(=O)c1nc2cc(OCc3cn(C(CNC(Cc4ccc(C(F)(F)F)cc4)C(=O)O)Cc4ccc(OC[C@H](O)[C@@H](O)CF)cc4)nn3)ccc2s1. The Labute approximate surface area is 303 Å². The van der Waals surface area contributed by atoms with E-state index in [2.05, 4.69) is 20.6 Å². The van der Waals surface area contributed by atoms with Crippen molar-refractivity contribution in [2.45, 2.75) is 54.3 Å². The Bertz CT molecular complexity index is 2100. The van der Waals surface area contributed by atoms with Crippen LogP contribution in [-0.4, -0.2) is 87.8 Å². The number of benzene rings is 3. The third-order valence-electron chi connectivity index (χ3n) is 7.94. The van der Waals surface area contributed by atoms with Crippen LogP contribution >= 0.6 is 11.3 Å². The average Bonchev–Trinajstić information content (AvgIpc) is 3.78. The number of carbonyl (C=O) groups is 1. The van der Waals surface area contributed by atoms with Crippen molar-refractivity contribution in [2.24, 2.45) is 5.14 Å². The maximum absolute atomic E-state index is 13.0. The highest BCUT2D eigenvalue weighted by atomic mass is 32.2. The van der Waals surface area contributed by atoms with Crippen LogP contribution in [0.5, 0.6) is 11.5 Å². The first-order valence-electron chi connectivity index (χ1n) is 15.8. The van der Waals surface area contributed by atoms with Gasteiger partial charge < -0.3 is 30.1 Å². The van der Waals surface area contributed by atoms with Crippen molar-refractivity contribution in [1.29, 1.82) is 0 Å². The first-order chi connectivity index (χ1) is 25.1. The Balaban J connectivity index is 1.30. The number of nitrogens with zero attached hydrogens (tertiary/aromatic N) is 4. The van der Waals surface area contributed by atoms with E-state index in [0.29, 0.717) is 39.4 Å². The second kappa shape index (κ2) is 16.9. The fourth-order valence-electron chi connectivity index (χ4n) is 5.05. The van der Waals surface area contributed by atoms with Gasteiger partial charge in [-0.1, -0.05) is 29.5 Å². The molecule has 0 radical (unpaired) electrons. The van der Waals surface area contributed by atoms with Crippen molar-refractivity contribution in [3.8, 4) is 11.5 Å². The molecule has 6 N–H and O–H groups in total. The Morgan fingerprint density at radius 3 is 2.26 bits per heavy atom. The lowest BCUT2D eigenvalue weighted by Crippen LogP contribution is -2.42. The molecule has 14 nitrogen and oxygen atoms in total. The van der Waals surface area contributed by atoms with Crippen LogP contribution in [0.2, 0.25) is 0 Å². The molecule has 0 bridgehead atoms. The van der Waals surface area contributed by atoms with Crippen molar-refractivity contribution in [3.05, 3.63) is 95.3 Å². The van der Waals surface area contributed by atoms with Crippen LogP contribution in [-0.2, 0) is 40.4 Å². The number of sulfonamides is 1. The molecule has 0 amide bonds. The van der Waals surface area contributed by atoms with Gasteiger partial charge in [-0.3, -0.25) is 4.79 Å². The Morgan fingerprint density at radius 1 is 0.962 bits per heavy atom. The van der Waals surface area contributed by atoms with Crippen LogP contribution < -0.4 is 19.9 Å². The Hall–Kier alpha value is -4.73.